The van der Waals surface area contributed by atoms with Gasteiger partial charge in [0, 0.05) is 36.4 Å². The maximum absolute atomic E-state index is 15.4. The maximum atomic E-state index is 15.4. The number of halogens is 3. The van der Waals surface area contributed by atoms with Gasteiger partial charge in [-0.25, -0.2) is 22.7 Å². The van der Waals surface area contributed by atoms with Crippen LogP contribution in [0.15, 0.2) is 36.8 Å². The Morgan fingerprint density at radius 3 is 2.66 bits per heavy atom. The fraction of sp³-hybridized carbons (Fsp3) is 0.429. The van der Waals surface area contributed by atoms with Gasteiger partial charge in [0.2, 0.25) is 5.88 Å². The smallest absolute Gasteiger partial charge is 0.266 e. The molecule has 216 valence electrons. The minimum absolute atomic E-state index is 0.0840. The van der Waals surface area contributed by atoms with Crippen LogP contribution in [0.4, 0.5) is 13.2 Å². The molecule has 1 atom stereocenters. The van der Waals surface area contributed by atoms with Crippen molar-refractivity contribution in [3.63, 3.8) is 0 Å². The lowest BCUT2D eigenvalue weighted by atomic mass is 9.93. The monoisotopic (exact) mass is 570 g/mol. The van der Waals surface area contributed by atoms with E-state index in [1.54, 1.807) is 12.3 Å². The Labute approximate surface area is 233 Å². The maximum Gasteiger partial charge on any atom is 0.266 e. The zero-order valence-electron chi connectivity index (χ0n) is 22.3. The molecule has 1 saturated carbocycles. The first-order valence-electron chi connectivity index (χ1n) is 13.5. The van der Waals surface area contributed by atoms with Crippen molar-refractivity contribution in [3.8, 4) is 28.3 Å². The van der Waals surface area contributed by atoms with Gasteiger partial charge in [0.1, 0.15) is 11.9 Å². The van der Waals surface area contributed by atoms with Gasteiger partial charge in [-0.15, -0.1) is 5.10 Å². The molecule has 2 aliphatic rings. The van der Waals surface area contributed by atoms with Gasteiger partial charge in [-0.2, -0.15) is 5.10 Å². The van der Waals surface area contributed by atoms with Crippen LogP contribution in [0, 0.1) is 5.82 Å². The lowest BCUT2D eigenvalue weighted by Crippen LogP contribution is -2.21. The average Bonchev–Trinajstić information content (AvgIpc) is 3.74. The van der Waals surface area contributed by atoms with Crippen LogP contribution in [-0.2, 0) is 4.74 Å². The van der Waals surface area contributed by atoms with Crippen molar-refractivity contribution in [2.45, 2.75) is 56.8 Å². The minimum Gasteiger partial charge on any atom is -0.470 e. The first-order chi connectivity index (χ1) is 19.8. The van der Waals surface area contributed by atoms with E-state index in [1.807, 2.05) is 10.9 Å². The van der Waals surface area contributed by atoms with Gasteiger partial charge < -0.3 is 19.9 Å². The van der Waals surface area contributed by atoms with Gasteiger partial charge >= 0.3 is 0 Å². The number of nitrogens with zero attached hydrogens (tertiary/aromatic N) is 5. The Balaban J connectivity index is 1.45. The lowest BCUT2D eigenvalue weighted by molar-refractivity contribution is 0.0962. The first kappa shape index (κ1) is 27.2. The molecule has 10 nitrogen and oxygen atoms in total. The van der Waals surface area contributed by atoms with Gasteiger partial charge in [0.25, 0.3) is 12.3 Å². The fourth-order valence-corrected chi connectivity index (χ4v) is 5.41. The third kappa shape index (κ3) is 5.26. The van der Waals surface area contributed by atoms with Gasteiger partial charge in [-0.3, -0.25) is 9.48 Å². The topological polar surface area (TPSA) is 116 Å². The van der Waals surface area contributed by atoms with E-state index in [4.69, 9.17) is 9.47 Å². The van der Waals surface area contributed by atoms with Crippen LogP contribution in [0.2, 0.25) is 0 Å². The summed E-state index contributed by atoms with van der Waals surface area (Å²) in [7, 11) is 1.36. The van der Waals surface area contributed by atoms with E-state index < -0.39 is 23.7 Å². The molecule has 2 fully saturated rings. The number of imidazole rings is 1. The van der Waals surface area contributed by atoms with Gasteiger partial charge in [0.05, 0.1) is 54.6 Å². The molecule has 1 aliphatic heterocycles. The molecule has 0 bridgehead atoms. The minimum atomic E-state index is -3.14. The zero-order valence-corrected chi connectivity index (χ0v) is 22.3. The highest BCUT2D eigenvalue weighted by atomic mass is 19.3. The number of benzene rings is 1. The highest BCUT2D eigenvalue weighted by molar-refractivity contribution is 5.95. The second-order valence-corrected chi connectivity index (χ2v) is 10.4. The SMILES string of the molecule is CNC(=O)c1cc(-c2cnc3cc(-c4cnn(C5CCC(O)CC5)c4)c(O[C@H]4CCOC4)nn23)c(F)c(C(F)F)c1. The standard InChI is InChI=1S/C28H29F3N6O4/c1-32-27(39)15-8-21(25(29)22(9-15)26(30)31)23-12-33-24-10-20(28(35-37(23)24)41-19-6-7-40-14-19)16-11-34-36(13-16)17-2-4-18(38)5-3-17/h8-13,17-19,26,38H,2-7,14H2,1H3,(H,32,39)/t17?,18?,19-/m0/s1. The molecule has 0 radical (unpaired) electrons. The highest BCUT2D eigenvalue weighted by Crippen LogP contribution is 2.36. The predicted molar refractivity (Wildman–Crippen MR) is 141 cm³/mol. The van der Waals surface area contributed by atoms with Crippen LogP contribution < -0.4 is 10.1 Å². The van der Waals surface area contributed by atoms with Crippen LogP contribution in [0.5, 0.6) is 5.88 Å². The molecule has 1 aliphatic carbocycles. The van der Waals surface area contributed by atoms with E-state index in [9.17, 15) is 18.7 Å². The third-order valence-electron chi connectivity index (χ3n) is 7.68. The van der Waals surface area contributed by atoms with E-state index in [1.165, 1.54) is 23.8 Å². The molecule has 0 spiro atoms. The van der Waals surface area contributed by atoms with E-state index in [0.29, 0.717) is 43.7 Å². The van der Waals surface area contributed by atoms with Crippen molar-refractivity contribution in [1.29, 1.82) is 0 Å². The quantitative estimate of drug-likeness (QED) is 0.340. The number of carbonyl (C=O) groups is 1. The molecule has 1 aromatic carbocycles. The summed E-state index contributed by atoms with van der Waals surface area (Å²) in [5.74, 6) is -1.57. The first-order valence-corrected chi connectivity index (χ1v) is 13.5. The van der Waals surface area contributed by atoms with Gasteiger partial charge in [-0.1, -0.05) is 0 Å². The largest absolute Gasteiger partial charge is 0.470 e. The van der Waals surface area contributed by atoms with Crippen LogP contribution in [-0.4, -0.2) is 67.9 Å². The Bertz CT molecular complexity index is 1570. The van der Waals surface area contributed by atoms with Crippen LogP contribution >= 0.6 is 0 Å². The van der Waals surface area contributed by atoms with Crippen LogP contribution in [0.3, 0.4) is 0 Å². The molecular formula is C28H29F3N6O4. The second kappa shape index (κ2) is 11.1. The number of rotatable bonds is 7. The van der Waals surface area contributed by atoms with Crippen molar-refractivity contribution in [2.75, 3.05) is 20.3 Å². The normalized spacial score (nSPS) is 21.1. The molecule has 2 N–H and O–H groups in total. The summed E-state index contributed by atoms with van der Waals surface area (Å²) in [6.45, 7) is 0.915. The summed E-state index contributed by atoms with van der Waals surface area (Å²) in [5.41, 5.74) is 0.496. The number of hydrogen-bond acceptors (Lipinski definition) is 7. The van der Waals surface area contributed by atoms with Crippen LogP contribution in [0.1, 0.15) is 60.5 Å². The average molecular weight is 571 g/mol. The third-order valence-corrected chi connectivity index (χ3v) is 7.68. The van der Waals surface area contributed by atoms with Crippen molar-refractivity contribution in [3.05, 3.63) is 53.7 Å². The number of aliphatic hydroxyl groups is 1. The summed E-state index contributed by atoms with van der Waals surface area (Å²) < 4.78 is 57.8. The summed E-state index contributed by atoms with van der Waals surface area (Å²) in [6, 6.07) is 3.93. The fourth-order valence-electron chi connectivity index (χ4n) is 5.41. The van der Waals surface area contributed by atoms with E-state index in [0.717, 1.165) is 24.5 Å². The summed E-state index contributed by atoms with van der Waals surface area (Å²) in [6.07, 6.45) is 4.96. The van der Waals surface area contributed by atoms with Crippen LogP contribution in [0.25, 0.3) is 28.0 Å². The Morgan fingerprint density at radius 2 is 1.95 bits per heavy atom. The van der Waals surface area contributed by atoms with E-state index >= 15 is 4.39 Å². The summed E-state index contributed by atoms with van der Waals surface area (Å²) in [4.78, 5) is 16.7. The zero-order chi connectivity index (χ0) is 28.7. The Kier molecular flexibility index (Phi) is 7.39. The van der Waals surface area contributed by atoms with Crippen molar-refractivity contribution in [1.82, 2.24) is 29.7 Å². The summed E-state index contributed by atoms with van der Waals surface area (Å²) in [5, 5.41) is 21.5. The molecule has 4 aromatic rings. The predicted octanol–water partition coefficient (Wildman–Crippen LogP) is 4.34. The van der Waals surface area contributed by atoms with Gasteiger partial charge in [-0.05, 0) is 43.9 Å². The van der Waals surface area contributed by atoms with Crippen molar-refractivity contribution >= 4 is 11.6 Å². The molecule has 1 saturated heterocycles. The molecule has 41 heavy (non-hydrogen) atoms. The van der Waals surface area contributed by atoms with E-state index in [2.05, 4.69) is 20.5 Å². The molecule has 1 amide bonds. The number of hydrogen-bond donors (Lipinski definition) is 2. The number of nitrogens with one attached hydrogen (secondary N) is 1. The summed E-state index contributed by atoms with van der Waals surface area (Å²) >= 11 is 0. The number of ether oxygens (including phenoxy) is 2. The number of alkyl halides is 2. The van der Waals surface area contributed by atoms with Crippen molar-refractivity contribution < 1.29 is 32.5 Å². The number of aliphatic hydroxyl groups excluding tert-OH is 1. The molecule has 0 unspecified atom stereocenters. The molecular weight excluding hydrogens is 541 g/mol. The highest BCUT2D eigenvalue weighted by Gasteiger charge is 2.27. The lowest BCUT2D eigenvalue weighted by Gasteiger charge is -2.25. The van der Waals surface area contributed by atoms with Crippen molar-refractivity contribution in [2.24, 2.45) is 0 Å². The van der Waals surface area contributed by atoms with Gasteiger partial charge in [0.15, 0.2) is 5.65 Å². The number of aromatic nitrogens is 5. The molecule has 13 heteroatoms. The second-order valence-electron chi connectivity index (χ2n) is 10.4. The molecule has 3 aromatic heterocycles. The Morgan fingerprint density at radius 1 is 1.15 bits per heavy atom. The van der Waals surface area contributed by atoms with E-state index in [-0.39, 0.29) is 41.0 Å². The Hall–Kier alpha value is -3.97. The molecule has 6 rings (SSSR count). The molecule has 4 heterocycles. The number of fused-ring (bicyclic) bond motifs is 1. The number of carbonyl (C=O) groups excluding carboxylic acids is 1. The number of amides is 1.